The maximum absolute atomic E-state index is 11.2. The molecule has 0 aromatic rings. The van der Waals surface area contributed by atoms with E-state index in [0.29, 0.717) is 0 Å². The van der Waals surface area contributed by atoms with Gasteiger partial charge in [-0.1, -0.05) is 18.3 Å². The van der Waals surface area contributed by atoms with Crippen molar-refractivity contribution in [2.75, 3.05) is 0 Å². The van der Waals surface area contributed by atoms with Crippen molar-refractivity contribution in [3.8, 4) is 0 Å². The van der Waals surface area contributed by atoms with Gasteiger partial charge < -0.3 is 50.2 Å². The van der Waals surface area contributed by atoms with Gasteiger partial charge in [-0.05, 0) is 0 Å². The van der Waals surface area contributed by atoms with Crippen LogP contribution in [0.15, 0.2) is 0 Å². The second kappa shape index (κ2) is 6.31. The van der Waals surface area contributed by atoms with E-state index in [2.05, 4.69) is 0 Å². The SMILES string of the molecule is O=[P+]([O-])[C@]1(O)C(O)[C@@](O)([P+](=O)[O-])[C@](O)([P+](=O)[O-])C(O)[C@@]1(O)[P+](=O)[O-]. The summed E-state index contributed by atoms with van der Waals surface area (Å²) in [5.74, 6) is 0. The summed E-state index contributed by atoms with van der Waals surface area (Å²) in [7, 11) is -19.0. The first-order chi connectivity index (χ1) is 10.6. The normalized spacial score (nSPS) is 48.6. The highest BCUT2D eigenvalue weighted by molar-refractivity contribution is 7.46. The highest BCUT2D eigenvalue weighted by Crippen LogP contribution is 2.67. The zero-order valence-electron chi connectivity index (χ0n) is 10.9. The fourth-order valence-corrected chi connectivity index (χ4v) is 6.60. The van der Waals surface area contributed by atoms with Crippen LogP contribution < -0.4 is 19.6 Å². The van der Waals surface area contributed by atoms with E-state index in [0.717, 1.165) is 0 Å². The molecule has 6 N–H and O–H groups in total. The van der Waals surface area contributed by atoms with Crippen molar-refractivity contribution in [3.05, 3.63) is 0 Å². The van der Waals surface area contributed by atoms with Gasteiger partial charge in [-0.15, -0.1) is 0 Å². The first-order valence-electron chi connectivity index (χ1n) is 5.42. The minimum absolute atomic E-state index is 3.81. The highest BCUT2D eigenvalue weighted by Gasteiger charge is 2.97. The molecule has 136 valence electrons. The number of aliphatic hydroxyl groups excluding tert-OH is 2. The molecular formula is C6H8O14P4. The van der Waals surface area contributed by atoms with Crippen LogP contribution in [-0.2, 0) is 18.3 Å². The van der Waals surface area contributed by atoms with Crippen LogP contribution in [0.5, 0.6) is 0 Å². The summed E-state index contributed by atoms with van der Waals surface area (Å²) < 4.78 is 44.8. The van der Waals surface area contributed by atoms with Gasteiger partial charge in [-0.2, -0.15) is 0 Å². The molecule has 0 aromatic heterocycles. The highest BCUT2D eigenvalue weighted by atomic mass is 31.1. The molecule has 0 aliphatic heterocycles. The Morgan fingerprint density at radius 3 is 0.750 bits per heavy atom. The Labute approximate surface area is 135 Å². The molecule has 0 aromatic carbocycles. The predicted octanol–water partition coefficient (Wildman–Crippen LogP) is -6.11. The van der Waals surface area contributed by atoms with E-state index < -0.39 is 65.7 Å². The van der Waals surface area contributed by atoms with Gasteiger partial charge in [0.2, 0.25) is 12.2 Å². The van der Waals surface area contributed by atoms with E-state index in [1.165, 1.54) is 0 Å². The smallest absolute Gasteiger partial charge is 0.371 e. The summed E-state index contributed by atoms with van der Waals surface area (Å²) in [6.45, 7) is 0. The molecule has 14 nitrogen and oxygen atoms in total. The molecule has 0 amide bonds. The van der Waals surface area contributed by atoms with Crippen molar-refractivity contribution in [2.45, 2.75) is 33.6 Å². The summed E-state index contributed by atoms with van der Waals surface area (Å²) in [5, 5.41) is 41.1. The van der Waals surface area contributed by atoms with E-state index in [9.17, 15) is 68.5 Å². The zero-order chi connectivity index (χ0) is 19.5. The molecule has 1 rings (SSSR count). The van der Waals surface area contributed by atoms with Crippen LogP contribution in [0.25, 0.3) is 0 Å². The fourth-order valence-electron chi connectivity index (χ4n) is 2.30. The van der Waals surface area contributed by atoms with Gasteiger partial charge in [-0.25, -0.2) is 0 Å². The van der Waals surface area contributed by atoms with Crippen molar-refractivity contribution in [2.24, 2.45) is 0 Å². The minimum atomic E-state index is -4.75. The third-order valence-electron chi connectivity index (χ3n) is 3.72. The molecule has 1 aliphatic rings. The fraction of sp³-hybridized carbons (Fsp3) is 1.00. The summed E-state index contributed by atoms with van der Waals surface area (Å²) in [4.78, 5) is 44.8. The van der Waals surface area contributed by atoms with E-state index in [4.69, 9.17) is 0 Å². The van der Waals surface area contributed by atoms with E-state index in [-0.39, 0.29) is 0 Å². The molecular weight excluding hydrogens is 420 g/mol. The molecule has 1 aliphatic carbocycles. The molecule has 18 heteroatoms. The summed E-state index contributed by atoms with van der Waals surface area (Å²) in [6, 6.07) is 0. The lowest BCUT2D eigenvalue weighted by atomic mass is 9.82. The Balaban J connectivity index is 4.05. The van der Waals surface area contributed by atoms with Crippen LogP contribution in [0, 0.1) is 0 Å². The summed E-state index contributed by atoms with van der Waals surface area (Å²) >= 11 is 0. The number of hydrogen-bond donors (Lipinski definition) is 6. The van der Waals surface area contributed by atoms with Gasteiger partial charge in [0.1, 0.15) is 0 Å². The number of aliphatic hydroxyl groups is 6. The van der Waals surface area contributed by atoms with E-state index in [1.54, 1.807) is 0 Å². The number of rotatable bonds is 4. The molecule has 0 heterocycles. The first kappa shape index (κ1) is 22.0. The Kier molecular flexibility index (Phi) is 5.80. The lowest BCUT2D eigenvalue weighted by Crippen LogP contribution is -2.83. The predicted molar refractivity (Wildman–Crippen MR) is 62.2 cm³/mol. The second-order valence-electron chi connectivity index (χ2n) is 4.74. The average molecular weight is 428 g/mol. The lowest BCUT2D eigenvalue weighted by Gasteiger charge is -2.47. The molecule has 24 heavy (non-hydrogen) atoms. The van der Waals surface area contributed by atoms with Crippen LogP contribution in [-0.4, -0.2) is 64.2 Å². The third kappa shape index (κ3) is 2.23. The monoisotopic (exact) mass is 428 g/mol. The Morgan fingerprint density at radius 2 is 0.667 bits per heavy atom. The average Bonchev–Trinajstić information content (AvgIpc) is 2.47. The van der Waals surface area contributed by atoms with Gasteiger partial charge in [0.05, 0.1) is 0 Å². The largest absolute Gasteiger partial charge is 0.593 e. The first-order valence-corrected chi connectivity index (χ1v) is 10.1. The molecule has 1 fully saturated rings. The Hall–Kier alpha value is -0.0000000000000000763. The maximum Gasteiger partial charge on any atom is 0.371 e. The molecule has 0 saturated heterocycles. The molecule has 0 bridgehead atoms. The van der Waals surface area contributed by atoms with Gasteiger partial charge >= 0.3 is 53.5 Å². The molecule has 1 saturated carbocycles. The Bertz CT molecular complexity index is 533. The van der Waals surface area contributed by atoms with Crippen LogP contribution in [0.4, 0.5) is 0 Å². The maximum atomic E-state index is 11.2. The number of hydrogen-bond acceptors (Lipinski definition) is 14. The third-order valence-corrected chi connectivity index (χ3v) is 8.64. The Morgan fingerprint density at radius 1 is 0.542 bits per heavy atom. The van der Waals surface area contributed by atoms with Crippen LogP contribution in [0.2, 0.25) is 0 Å². The molecule has 0 spiro atoms. The standard InChI is InChI=1S/C6H8O14P4/c7-1-3(9,21(13)14)5(11,23(17)18)2(8)6(12,24(19)20)4(1,10)22(15)16/h1-2,7-12H/t1?,2?,3-,4-,5-,6-/m1/s1. The van der Waals surface area contributed by atoms with Crippen molar-refractivity contribution in [1.82, 2.24) is 0 Å². The van der Waals surface area contributed by atoms with Crippen molar-refractivity contribution >= 4 is 32.1 Å². The van der Waals surface area contributed by atoms with E-state index in [1.807, 2.05) is 0 Å². The topological polar surface area (TPSA) is 282 Å². The van der Waals surface area contributed by atoms with Gasteiger partial charge in [0, 0.05) is 0 Å². The quantitative estimate of drug-likeness (QED) is 0.227. The van der Waals surface area contributed by atoms with Crippen molar-refractivity contribution in [3.63, 3.8) is 0 Å². The minimum Gasteiger partial charge on any atom is -0.593 e. The molecule has 4 unspecified atom stereocenters. The summed E-state index contributed by atoms with van der Waals surface area (Å²) in [5.41, 5.74) is 0. The molecule has 0 radical (unpaired) electrons. The van der Waals surface area contributed by atoms with E-state index >= 15 is 0 Å². The van der Waals surface area contributed by atoms with Gasteiger partial charge in [0.25, 0.3) is 0 Å². The second-order valence-corrected chi connectivity index (χ2v) is 9.52. The van der Waals surface area contributed by atoms with Crippen LogP contribution in [0.3, 0.4) is 0 Å². The van der Waals surface area contributed by atoms with Crippen LogP contribution in [0.1, 0.15) is 0 Å². The van der Waals surface area contributed by atoms with Crippen molar-refractivity contribution < 1.29 is 68.5 Å². The van der Waals surface area contributed by atoms with Crippen LogP contribution >= 0.6 is 32.1 Å². The molecule has 8 atom stereocenters. The lowest BCUT2D eigenvalue weighted by molar-refractivity contribution is -0.325. The zero-order valence-corrected chi connectivity index (χ0v) is 14.5. The van der Waals surface area contributed by atoms with Gasteiger partial charge in [-0.3, -0.25) is 0 Å². The van der Waals surface area contributed by atoms with Gasteiger partial charge in [0.15, 0.2) is 0 Å². The summed E-state index contributed by atoms with van der Waals surface area (Å²) in [6.07, 6.45) is -7.63. The van der Waals surface area contributed by atoms with Crippen molar-refractivity contribution in [1.29, 1.82) is 0 Å².